The first-order chi connectivity index (χ1) is 10.8. The molecule has 7 nitrogen and oxygen atoms in total. The summed E-state index contributed by atoms with van der Waals surface area (Å²) >= 11 is 0. The van der Waals surface area contributed by atoms with Crippen LogP contribution in [0.5, 0.6) is 0 Å². The number of rotatable bonds is 7. The highest BCUT2D eigenvalue weighted by molar-refractivity contribution is 5.97. The molecule has 0 bridgehead atoms. The predicted octanol–water partition coefficient (Wildman–Crippen LogP) is 0.229. The number of nitrogens with one attached hydrogen (secondary N) is 3. The van der Waals surface area contributed by atoms with Crippen LogP contribution in [0.1, 0.15) is 20.8 Å². The molecule has 0 saturated carbocycles. The van der Waals surface area contributed by atoms with Gasteiger partial charge < -0.3 is 21.7 Å². The van der Waals surface area contributed by atoms with Gasteiger partial charge in [0, 0.05) is 5.69 Å². The summed E-state index contributed by atoms with van der Waals surface area (Å²) in [5.74, 6) is -1.20. The van der Waals surface area contributed by atoms with Crippen LogP contribution in [0, 0.1) is 5.92 Å². The maximum Gasteiger partial charge on any atom is 0.246 e. The lowest BCUT2D eigenvalue weighted by atomic mass is 10.1. The number of carbonyl (C=O) groups is 3. The molecular weight excluding hydrogens is 296 g/mol. The van der Waals surface area contributed by atoms with Gasteiger partial charge in [0.2, 0.25) is 17.7 Å². The number of para-hydroxylation sites is 1. The molecule has 0 saturated heterocycles. The summed E-state index contributed by atoms with van der Waals surface area (Å²) < 4.78 is 0. The van der Waals surface area contributed by atoms with Crippen molar-refractivity contribution in [1.82, 2.24) is 10.6 Å². The van der Waals surface area contributed by atoms with Crippen molar-refractivity contribution >= 4 is 23.4 Å². The van der Waals surface area contributed by atoms with Crippen molar-refractivity contribution in [3.05, 3.63) is 30.3 Å². The molecule has 1 rings (SSSR count). The van der Waals surface area contributed by atoms with Crippen LogP contribution in [0.3, 0.4) is 0 Å². The molecule has 0 aliphatic carbocycles. The number of hydrogen-bond donors (Lipinski definition) is 4. The third-order valence-corrected chi connectivity index (χ3v) is 3.26. The molecule has 1 aromatic carbocycles. The van der Waals surface area contributed by atoms with Crippen molar-refractivity contribution in [2.45, 2.75) is 32.9 Å². The maximum atomic E-state index is 12.0. The predicted molar refractivity (Wildman–Crippen MR) is 88.5 cm³/mol. The summed E-state index contributed by atoms with van der Waals surface area (Å²) in [6.07, 6.45) is 0. The van der Waals surface area contributed by atoms with Crippen LogP contribution in [0.15, 0.2) is 30.3 Å². The molecule has 3 amide bonds. The molecule has 126 valence electrons. The van der Waals surface area contributed by atoms with Crippen LogP contribution in [-0.2, 0) is 14.4 Å². The van der Waals surface area contributed by atoms with Crippen LogP contribution in [0.25, 0.3) is 0 Å². The minimum absolute atomic E-state index is 0.0198. The number of anilines is 1. The van der Waals surface area contributed by atoms with Crippen LogP contribution >= 0.6 is 0 Å². The summed E-state index contributed by atoms with van der Waals surface area (Å²) in [6.45, 7) is 4.99. The first-order valence-corrected chi connectivity index (χ1v) is 7.49. The fourth-order valence-corrected chi connectivity index (χ4v) is 1.72. The standard InChI is InChI=1S/C16H24N4O3/c1-10(2)14(17)16(23)18-9-13(21)19-11(3)15(22)20-12-7-5-4-6-8-12/h4-8,10-11,14H,9,17H2,1-3H3,(H,18,23)(H,19,21)(H,20,22)/t11?,14-/m0/s1. The van der Waals surface area contributed by atoms with Gasteiger partial charge in [-0.15, -0.1) is 0 Å². The Balaban J connectivity index is 2.38. The van der Waals surface area contributed by atoms with Gasteiger partial charge in [0.25, 0.3) is 0 Å². The molecule has 0 aliphatic heterocycles. The summed E-state index contributed by atoms with van der Waals surface area (Å²) in [5.41, 5.74) is 6.32. The Morgan fingerprint density at radius 1 is 1.04 bits per heavy atom. The average molecular weight is 320 g/mol. The van der Waals surface area contributed by atoms with Gasteiger partial charge in [0.1, 0.15) is 6.04 Å². The zero-order valence-corrected chi connectivity index (χ0v) is 13.6. The maximum absolute atomic E-state index is 12.0. The van der Waals surface area contributed by atoms with E-state index < -0.39 is 23.9 Å². The van der Waals surface area contributed by atoms with E-state index in [-0.39, 0.29) is 18.4 Å². The van der Waals surface area contributed by atoms with E-state index in [0.29, 0.717) is 5.69 Å². The summed E-state index contributed by atoms with van der Waals surface area (Å²) in [6, 6.07) is 7.55. The van der Waals surface area contributed by atoms with E-state index in [0.717, 1.165) is 0 Å². The third-order valence-electron chi connectivity index (χ3n) is 3.26. The minimum atomic E-state index is -0.724. The molecule has 0 heterocycles. The molecule has 0 aliphatic rings. The van der Waals surface area contributed by atoms with Gasteiger partial charge in [-0.2, -0.15) is 0 Å². The lowest BCUT2D eigenvalue weighted by Crippen LogP contribution is -2.49. The average Bonchev–Trinajstić information content (AvgIpc) is 2.52. The normalized spacial score (nSPS) is 13.1. The van der Waals surface area contributed by atoms with Gasteiger partial charge in [-0.25, -0.2) is 0 Å². The Morgan fingerprint density at radius 3 is 2.22 bits per heavy atom. The Kier molecular flexibility index (Phi) is 7.21. The summed E-state index contributed by atoms with van der Waals surface area (Å²) in [4.78, 5) is 35.4. The highest BCUT2D eigenvalue weighted by Crippen LogP contribution is 2.05. The quantitative estimate of drug-likeness (QED) is 0.576. The van der Waals surface area contributed by atoms with Crippen molar-refractivity contribution in [2.75, 3.05) is 11.9 Å². The van der Waals surface area contributed by atoms with Gasteiger partial charge in [0.15, 0.2) is 0 Å². The van der Waals surface area contributed by atoms with Crippen molar-refractivity contribution in [2.24, 2.45) is 11.7 Å². The van der Waals surface area contributed by atoms with E-state index in [1.54, 1.807) is 31.2 Å². The molecule has 0 fully saturated rings. The summed E-state index contributed by atoms with van der Waals surface area (Å²) in [5, 5.41) is 7.65. The van der Waals surface area contributed by atoms with E-state index in [9.17, 15) is 14.4 Å². The number of benzene rings is 1. The first-order valence-electron chi connectivity index (χ1n) is 7.49. The van der Waals surface area contributed by atoms with Crippen molar-refractivity contribution in [3.63, 3.8) is 0 Å². The van der Waals surface area contributed by atoms with E-state index in [4.69, 9.17) is 5.73 Å². The summed E-state index contributed by atoms with van der Waals surface area (Å²) in [7, 11) is 0. The van der Waals surface area contributed by atoms with Gasteiger partial charge in [-0.1, -0.05) is 32.0 Å². The Hall–Kier alpha value is -2.41. The Bertz CT molecular complexity index is 546. The van der Waals surface area contributed by atoms with Crippen molar-refractivity contribution in [1.29, 1.82) is 0 Å². The van der Waals surface area contributed by atoms with E-state index >= 15 is 0 Å². The van der Waals surface area contributed by atoms with Gasteiger partial charge >= 0.3 is 0 Å². The molecule has 5 N–H and O–H groups in total. The van der Waals surface area contributed by atoms with Gasteiger partial charge in [-0.05, 0) is 25.0 Å². The van der Waals surface area contributed by atoms with E-state index in [2.05, 4.69) is 16.0 Å². The van der Waals surface area contributed by atoms with Crippen LogP contribution in [0.4, 0.5) is 5.69 Å². The number of carbonyl (C=O) groups excluding carboxylic acids is 3. The van der Waals surface area contributed by atoms with E-state index in [1.165, 1.54) is 0 Å². The largest absolute Gasteiger partial charge is 0.346 e. The third kappa shape index (κ3) is 6.48. The SMILES string of the molecule is CC(NC(=O)CNC(=O)[C@@H](N)C(C)C)C(=O)Nc1ccccc1. The highest BCUT2D eigenvalue weighted by atomic mass is 16.2. The second-order valence-electron chi connectivity index (χ2n) is 5.63. The lowest BCUT2D eigenvalue weighted by Gasteiger charge is -2.17. The molecule has 2 atom stereocenters. The molecular formula is C16H24N4O3. The Labute approximate surface area is 136 Å². The number of nitrogens with two attached hydrogens (primary N) is 1. The van der Waals surface area contributed by atoms with Crippen molar-refractivity contribution < 1.29 is 14.4 Å². The smallest absolute Gasteiger partial charge is 0.246 e. The lowest BCUT2D eigenvalue weighted by molar-refractivity contribution is -0.128. The van der Waals surface area contributed by atoms with Crippen LogP contribution in [-0.4, -0.2) is 36.3 Å². The molecule has 23 heavy (non-hydrogen) atoms. The van der Waals surface area contributed by atoms with Crippen LogP contribution in [0.2, 0.25) is 0 Å². The number of amides is 3. The zero-order chi connectivity index (χ0) is 17.4. The molecule has 0 aromatic heterocycles. The van der Waals surface area contributed by atoms with E-state index in [1.807, 2.05) is 19.9 Å². The second kappa shape index (κ2) is 8.89. The highest BCUT2D eigenvalue weighted by Gasteiger charge is 2.19. The number of hydrogen-bond acceptors (Lipinski definition) is 4. The zero-order valence-electron chi connectivity index (χ0n) is 13.6. The second-order valence-corrected chi connectivity index (χ2v) is 5.63. The Morgan fingerprint density at radius 2 is 1.65 bits per heavy atom. The topological polar surface area (TPSA) is 113 Å². The first kappa shape index (κ1) is 18.6. The van der Waals surface area contributed by atoms with Gasteiger partial charge in [-0.3, -0.25) is 14.4 Å². The molecule has 1 unspecified atom stereocenters. The minimum Gasteiger partial charge on any atom is -0.346 e. The monoisotopic (exact) mass is 320 g/mol. The fraction of sp³-hybridized carbons (Fsp3) is 0.438. The van der Waals surface area contributed by atoms with Gasteiger partial charge in [0.05, 0.1) is 12.6 Å². The molecule has 1 aromatic rings. The van der Waals surface area contributed by atoms with Crippen LogP contribution < -0.4 is 21.7 Å². The molecule has 7 heteroatoms. The molecule has 0 radical (unpaired) electrons. The van der Waals surface area contributed by atoms with Crippen molar-refractivity contribution in [3.8, 4) is 0 Å². The fourth-order valence-electron chi connectivity index (χ4n) is 1.72. The molecule has 0 spiro atoms.